The molecule has 3 aliphatic rings. The lowest BCUT2D eigenvalue weighted by Crippen LogP contribution is -2.59. The number of carbonyl (C=O) groups excluding carboxylic acids is 1. The highest BCUT2D eigenvalue weighted by atomic mass is 16.2. The highest BCUT2D eigenvalue weighted by molar-refractivity contribution is 5.84. The second-order valence-corrected chi connectivity index (χ2v) is 7.52. The molecule has 0 bridgehead atoms. The monoisotopic (exact) mass is 331 g/mol. The van der Waals surface area contributed by atoms with Crippen molar-refractivity contribution in [2.75, 3.05) is 39.3 Å². The first-order chi connectivity index (χ1) is 11.8. The van der Waals surface area contributed by atoms with Gasteiger partial charge in [-0.15, -0.1) is 0 Å². The molecule has 3 aliphatic heterocycles. The van der Waals surface area contributed by atoms with Crippen LogP contribution in [0.25, 0.3) is 0 Å². The van der Waals surface area contributed by atoms with Gasteiger partial charge in [0.15, 0.2) is 0 Å². The maximum absolute atomic E-state index is 13.6. The average Bonchev–Trinajstić information content (AvgIpc) is 3.35. The fourth-order valence-electron chi connectivity index (χ4n) is 4.74. The van der Waals surface area contributed by atoms with Crippen LogP contribution in [0.3, 0.4) is 0 Å². The lowest BCUT2D eigenvalue weighted by atomic mass is 9.86. The molecule has 1 aromatic rings. The number of hydrogen-bond acceptors (Lipinski definition) is 4. The first kappa shape index (κ1) is 16.1. The Hall–Kier alpha value is -1.40. The summed E-state index contributed by atoms with van der Waals surface area (Å²) in [5.74, 6) is 0.289. The molecule has 0 radical (unpaired) electrons. The van der Waals surface area contributed by atoms with Gasteiger partial charge in [-0.2, -0.15) is 5.10 Å². The minimum Gasteiger partial charge on any atom is -0.339 e. The third-order valence-electron chi connectivity index (χ3n) is 6.11. The Morgan fingerprint density at radius 1 is 1.12 bits per heavy atom. The minimum atomic E-state index is -0.484. The molecule has 0 spiro atoms. The number of hydrogen-bond donors (Lipinski definition) is 1. The Morgan fingerprint density at radius 2 is 1.92 bits per heavy atom. The SMILES string of the molecule is O=C(N1CCCC(N2CCCC2)C1)C1(n2cccn2)CCNCC1. The Balaban J connectivity index is 1.53. The lowest BCUT2D eigenvalue weighted by Gasteiger charge is -2.44. The fraction of sp³-hybridized carbons (Fsp3) is 0.778. The molecule has 0 aromatic carbocycles. The Morgan fingerprint density at radius 3 is 2.62 bits per heavy atom. The van der Waals surface area contributed by atoms with Crippen molar-refractivity contribution < 1.29 is 4.79 Å². The summed E-state index contributed by atoms with van der Waals surface area (Å²) in [6.07, 6.45) is 10.4. The van der Waals surface area contributed by atoms with E-state index in [1.807, 2.05) is 16.9 Å². The van der Waals surface area contributed by atoms with Gasteiger partial charge in [0.25, 0.3) is 5.91 Å². The van der Waals surface area contributed by atoms with Crippen LogP contribution in [0.1, 0.15) is 38.5 Å². The zero-order chi connectivity index (χ0) is 16.4. The van der Waals surface area contributed by atoms with Crippen LogP contribution in [0.2, 0.25) is 0 Å². The third kappa shape index (κ3) is 2.86. The predicted molar refractivity (Wildman–Crippen MR) is 92.7 cm³/mol. The maximum Gasteiger partial charge on any atom is 0.250 e. The van der Waals surface area contributed by atoms with Crippen LogP contribution in [-0.4, -0.2) is 70.8 Å². The van der Waals surface area contributed by atoms with Crippen LogP contribution in [0, 0.1) is 0 Å². The van der Waals surface area contributed by atoms with Gasteiger partial charge in [-0.1, -0.05) is 0 Å². The summed E-state index contributed by atoms with van der Waals surface area (Å²) in [4.78, 5) is 18.3. The largest absolute Gasteiger partial charge is 0.339 e. The number of aromatic nitrogens is 2. The van der Waals surface area contributed by atoms with Gasteiger partial charge in [0.1, 0.15) is 5.54 Å². The van der Waals surface area contributed by atoms with Crippen LogP contribution >= 0.6 is 0 Å². The van der Waals surface area contributed by atoms with Gasteiger partial charge >= 0.3 is 0 Å². The maximum atomic E-state index is 13.6. The molecule has 4 heterocycles. The molecule has 1 atom stereocenters. The van der Waals surface area contributed by atoms with Crippen molar-refractivity contribution in [3.63, 3.8) is 0 Å². The number of carbonyl (C=O) groups is 1. The standard InChI is InChI=1S/C18H29N5O/c24-17(18(6-9-19-10-7-18)23-14-4-8-20-23)22-13-3-5-16(15-22)21-11-1-2-12-21/h4,8,14,16,19H,1-3,5-7,9-13,15H2. The quantitative estimate of drug-likeness (QED) is 0.899. The van der Waals surface area contributed by atoms with Gasteiger partial charge in [0, 0.05) is 31.5 Å². The average molecular weight is 331 g/mol. The van der Waals surface area contributed by atoms with Gasteiger partial charge in [0.05, 0.1) is 0 Å². The first-order valence-electron chi connectivity index (χ1n) is 9.54. The van der Waals surface area contributed by atoms with E-state index in [0.717, 1.165) is 45.4 Å². The molecule has 24 heavy (non-hydrogen) atoms. The molecule has 0 aliphatic carbocycles. The third-order valence-corrected chi connectivity index (χ3v) is 6.11. The summed E-state index contributed by atoms with van der Waals surface area (Å²) in [5.41, 5.74) is -0.484. The smallest absolute Gasteiger partial charge is 0.250 e. The van der Waals surface area contributed by atoms with Crippen LogP contribution in [0.15, 0.2) is 18.5 Å². The van der Waals surface area contributed by atoms with E-state index < -0.39 is 5.54 Å². The van der Waals surface area contributed by atoms with E-state index in [9.17, 15) is 4.79 Å². The van der Waals surface area contributed by atoms with Gasteiger partial charge < -0.3 is 10.2 Å². The lowest BCUT2D eigenvalue weighted by molar-refractivity contribution is -0.145. The molecule has 1 amide bonds. The molecule has 1 unspecified atom stereocenters. The molecule has 132 valence electrons. The molecule has 4 rings (SSSR count). The summed E-state index contributed by atoms with van der Waals surface area (Å²) < 4.78 is 1.93. The number of amides is 1. The van der Waals surface area contributed by atoms with Crippen molar-refractivity contribution in [2.24, 2.45) is 0 Å². The van der Waals surface area contributed by atoms with E-state index in [-0.39, 0.29) is 5.91 Å². The van der Waals surface area contributed by atoms with E-state index in [0.29, 0.717) is 6.04 Å². The summed E-state index contributed by atoms with van der Waals surface area (Å²) in [5, 5.41) is 7.85. The number of nitrogens with one attached hydrogen (secondary N) is 1. The second-order valence-electron chi connectivity index (χ2n) is 7.52. The summed E-state index contributed by atoms with van der Waals surface area (Å²) in [6.45, 7) is 5.99. The highest BCUT2D eigenvalue weighted by Gasteiger charge is 2.45. The van der Waals surface area contributed by atoms with Crippen molar-refractivity contribution >= 4 is 5.91 Å². The molecule has 1 aromatic heterocycles. The highest BCUT2D eigenvalue weighted by Crippen LogP contribution is 2.31. The van der Waals surface area contributed by atoms with Gasteiger partial charge in [-0.25, -0.2) is 0 Å². The molecule has 3 saturated heterocycles. The second kappa shape index (κ2) is 6.84. The first-order valence-corrected chi connectivity index (χ1v) is 9.54. The predicted octanol–water partition coefficient (Wildman–Crippen LogP) is 1.05. The molecule has 0 saturated carbocycles. The van der Waals surface area contributed by atoms with Crippen molar-refractivity contribution in [3.8, 4) is 0 Å². The number of likely N-dealkylation sites (tertiary alicyclic amines) is 2. The normalized spacial score (nSPS) is 28.2. The summed E-state index contributed by atoms with van der Waals surface area (Å²) >= 11 is 0. The van der Waals surface area contributed by atoms with Crippen LogP contribution < -0.4 is 5.32 Å². The van der Waals surface area contributed by atoms with Crippen LogP contribution in [0.5, 0.6) is 0 Å². The zero-order valence-corrected chi connectivity index (χ0v) is 14.5. The van der Waals surface area contributed by atoms with Crippen molar-refractivity contribution in [1.82, 2.24) is 24.9 Å². The topological polar surface area (TPSA) is 53.4 Å². The van der Waals surface area contributed by atoms with E-state index >= 15 is 0 Å². The molecular weight excluding hydrogens is 302 g/mol. The molecule has 3 fully saturated rings. The van der Waals surface area contributed by atoms with E-state index in [1.165, 1.54) is 32.4 Å². The van der Waals surface area contributed by atoms with E-state index in [2.05, 4.69) is 20.2 Å². The fourth-order valence-corrected chi connectivity index (χ4v) is 4.74. The zero-order valence-electron chi connectivity index (χ0n) is 14.5. The molecular formula is C18H29N5O. The molecule has 6 nitrogen and oxygen atoms in total. The van der Waals surface area contributed by atoms with Crippen LogP contribution in [-0.2, 0) is 10.3 Å². The Labute approximate surface area is 144 Å². The molecule has 6 heteroatoms. The Kier molecular flexibility index (Phi) is 4.59. The number of piperidine rings is 2. The van der Waals surface area contributed by atoms with Gasteiger partial charge in [-0.05, 0) is 70.8 Å². The van der Waals surface area contributed by atoms with Crippen molar-refractivity contribution in [1.29, 1.82) is 0 Å². The number of rotatable bonds is 3. The summed E-state index contributed by atoms with van der Waals surface area (Å²) in [6, 6.07) is 2.49. The van der Waals surface area contributed by atoms with Crippen LogP contribution in [0.4, 0.5) is 0 Å². The summed E-state index contributed by atoms with van der Waals surface area (Å²) in [7, 11) is 0. The number of nitrogens with zero attached hydrogens (tertiary/aromatic N) is 4. The van der Waals surface area contributed by atoms with E-state index in [4.69, 9.17) is 0 Å². The minimum absolute atomic E-state index is 0.289. The van der Waals surface area contributed by atoms with Gasteiger partial charge in [-0.3, -0.25) is 14.4 Å². The van der Waals surface area contributed by atoms with E-state index in [1.54, 1.807) is 6.20 Å². The Bertz CT molecular complexity index is 546. The van der Waals surface area contributed by atoms with Crippen molar-refractivity contribution in [3.05, 3.63) is 18.5 Å². The van der Waals surface area contributed by atoms with Crippen molar-refractivity contribution in [2.45, 2.75) is 50.1 Å². The van der Waals surface area contributed by atoms with Gasteiger partial charge in [0.2, 0.25) is 0 Å². The molecule has 1 N–H and O–H groups in total.